The molecule has 0 aliphatic carbocycles. The monoisotopic (exact) mass is 332 g/mol. The van der Waals surface area contributed by atoms with Crippen molar-refractivity contribution in [2.75, 3.05) is 13.2 Å². The number of esters is 1. The Morgan fingerprint density at radius 3 is 2.36 bits per heavy atom. The summed E-state index contributed by atoms with van der Waals surface area (Å²) in [6.07, 6.45) is 0.209. The summed E-state index contributed by atoms with van der Waals surface area (Å²) in [5, 5.41) is 0. The van der Waals surface area contributed by atoms with Crippen LogP contribution in [-0.2, 0) is 23.4 Å². The largest absolute Gasteiger partial charge is 0.466 e. The van der Waals surface area contributed by atoms with Crippen molar-refractivity contribution in [3.8, 4) is 0 Å². The fraction of sp³-hybridized carbons (Fsp3) is 0.938. The molecule has 0 aromatic carbocycles. The van der Waals surface area contributed by atoms with Crippen LogP contribution in [-0.4, -0.2) is 47.2 Å². The maximum Gasteiger partial charge on any atom is 0.306 e. The van der Waals surface area contributed by atoms with E-state index in [4.69, 9.17) is 18.6 Å². The van der Waals surface area contributed by atoms with Crippen molar-refractivity contribution in [2.24, 2.45) is 11.3 Å². The third kappa shape index (κ3) is 4.31. The van der Waals surface area contributed by atoms with Crippen molar-refractivity contribution in [1.29, 1.82) is 0 Å². The van der Waals surface area contributed by atoms with Crippen LogP contribution in [0.15, 0.2) is 0 Å². The first kappa shape index (κ1) is 19.6. The second kappa shape index (κ2) is 6.99. The van der Waals surface area contributed by atoms with Gasteiger partial charge in [0.1, 0.15) is 16.1 Å². The van der Waals surface area contributed by atoms with E-state index < -0.39 is 11.4 Å². The first-order valence-electron chi connectivity index (χ1n) is 7.99. The van der Waals surface area contributed by atoms with Gasteiger partial charge in [-0.05, 0) is 33.1 Å². The molecule has 130 valence electrons. The molecule has 3 atom stereocenters. The van der Waals surface area contributed by atoms with E-state index in [0.717, 1.165) is 0 Å². The molecule has 0 radical (unpaired) electrons. The third-order valence-corrected chi connectivity index (χ3v) is 5.57. The Bertz CT molecular complexity index is 390. The summed E-state index contributed by atoms with van der Waals surface area (Å²) in [4.78, 5) is 11.8. The van der Waals surface area contributed by atoms with E-state index in [0.29, 0.717) is 30.1 Å². The maximum absolute atomic E-state index is 11.8. The summed E-state index contributed by atoms with van der Waals surface area (Å²) in [5.74, 6) is -1.04. The highest BCUT2D eigenvalue weighted by Gasteiger charge is 2.52. The van der Waals surface area contributed by atoms with Crippen LogP contribution < -0.4 is 0 Å². The second-order valence-electron chi connectivity index (χ2n) is 7.64. The topological polar surface area (TPSA) is 54.0 Å². The number of rotatable bonds is 5. The molecule has 1 aliphatic rings. The maximum atomic E-state index is 11.8. The Morgan fingerprint density at radius 1 is 1.32 bits per heavy atom. The summed E-state index contributed by atoms with van der Waals surface area (Å²) in [6.45, 7) is 14.9. The fourth-order valence-corrected chi connectivity index (χ4v) is 3.08. The normalized spacial score (nSPS) is 30.3. The number of carbonyl (C=O) groups excluding carboxylic acids is 1. The Morgan fingerprint density at radius 2 is 1.91 bits per heavy atom. The van der Waals surface area contributed by atoms with Gasteiger partial charge in [-0.1, -0.05) is 20.8 Å². The van der Waals surface area contributed by atoms with Gasteiger partial charge in [0.2, 0.25) is 0 Å². The molecule has 0 aromatic heterocycles. The van der Waals surface area contributed by atoms with Gasteiger partial charge in [-0.3, -0.25) is 4.79 Å². The van der Waals surface area contributed by atoms with Crippen molar-refractivity contribution in [1.82, 2.24) is 0 Å². The molecule has 0 amide bonds. The third-order valence-electron chi connectivity index (χ3n) is 4.54. The lowest BCUT2D eigenvalue weighted by Crippen LogP contribution is -2.62. The van der Waals surface area contributed by atoms with Crippen LogP contribution in [0.4, 0.5) is 0 Å². The summed E-state index contributed by atoms with van der Waals surface area (Å²) in [5.41, 5.74) is -0.638. The average Bonchev–Trinajstić information content (AvgIpc) is 2.40. The molecule has 0 unspecified atom stereocenters. The van der Waals surface area contributed by atoms with Gasteiger partial charge in [0.05, 0.1) is 25.7 Å². The van der Waals surface area contributed by atoms with Crippen molar-refractivity contribution in [2.45, 2.75) is 72.4 Å². The average molecular weight is 333 g/mol. The molecule has 0 bridgehead atoms. The van der Waals surface area contributed by atoms with Gasteiger partial charge in [0, 0.05) is 5.92 Å². The molecule has 1 heterocycles. The molecular weight excluding hydrogens is 300 g/mol. The van der Waals surface area contributed by atoms with Crippen LogP contribution in [0, 0.1) is 11.3 Å². The molecule has 0 spiro atoms. The lowest BCUT2D eigenvalue weighted by molar-refractivity contribution is -0.365. The highest BCUT2D eigenvalue weighted by molar-refractivity contribution is 5.98. The van der Waals surface area contributed by atoms with Crippen LogP contribution in [0.1, 0.15) is 54.9 Å². The van der Waals surface area contributed by atoms with Crippen LogP contribution in [0.25, 0.3) is 0 Å². The zero-order valence-corrected chi connectivity index (χ0v) is 17.3. The van der Waals surface area contributed by atoms with E-state index in [1.807, 2.05) is 27.7 Å². The van der Waals surface area contributed by atoms with E-state index in [9.17, 15) is 4.79 Å². The molecule has 1 rings (SSSR count). The fourth-order valence-electron chi connectivity index (χ4n) is 2.71. The van der Waals surface area contributed by atoms with Gasteiger partial charge in [0.25, 0.3) is 0 Å². The molecular formula is C16H32O5Si. The summed E-state index contributed by atoms with van der Waals surface area (Å²) < 4.78 is 23.1. The van der Waals surface area contributed by atoms with Gasteiger partial charge in [-0.2, -0.15) is 0 Å². The molecule has 0 N–H and O–H groups in total. The van der Waals surface area contributed by atoms with Gasteiger partial charge in [0.15, 0.2) is 5.79 Å². The highest BCUT2D eigenvalue weighted by Crippen LogP contribution is 2.43. The summed E-state index contributed by atoms with van der Waals surface area (Å²) in [6, 6.07) is 0. The van der Waals surface area contributed by atoms with Crippen LogP contribution in [0.2, 0.25) is 0 Å². The Labute approximate surface area is 137 Å². The van der Waals surface area contributed by atoms with E-state index in [1.165, 1.54) is 0 Å². The number of hydrogen-bond donors (Lipinski definition) is 0. The van der Waals surface area contributed by atoms with Crippen molar-refractivity contribution in [3.63, 3.8) is 0 Å². The highest BCUT2D eigenvalue weighted by atomic mass is 28.2. The number of ether oxygens (including phenoxy) is 3. The molecule has 1 fully saturated rings. The van der Waals surface area contributed by atoms with Crippen molar-refractivity contribution >= 4 is 16.5 Å². The molecule has 0 saturated carbocycles. The smallest absolute Gasteiger partial charge is 0.306 e. The predicted molar refractivity (Wildman–Crippen MR) is 88.5 cm³/mol. The minimum absolute atomic E-state index is 0.0166. The zero-order valence-electron chi connectivity index (χ0n) is 15.3. The summed E-state index contributed by atoms with van der Waals surface area (Å²) in [7, 11) is 0.606. The minimum Gasteiger partial charge on any atom is -0.466 e. The van der Waals surface area contributed by atoms with E-state index in [-0.39, 0.29) is 23.4 Å². The summed E-state index contributed by atoms with van der Waals surface area (Å²) >= 11 is 0. The number of carbonyl (C=O) groups is 1. The first-order chi connectivity index (χ1) is 9.97. The molecule has 22 heavy (non-hydrogen) atoms. The lowest BCUT2D eigenvalue weighted by atomic mass is 9.78. The molecule has 0 aromatic rings. The lowest BCUT2D eigenvalue weighted by Gasteiger charge is -2.52. The molecule has 5 nitrogen and oxygen atoms in total. The van der Waals surface area contributed by atoms with Crippen molar-refractivity contribution in [3.05, 3.63) is 0 Å². The van der Waals surface area contributed by atoms with Crippen LogP contribution in [0.3, 0.4) is 0 Å². The molecule has 1 saturated heterocycles. The Hall–Kier alpha value is -0.433. The second-order valence-corrected chi connectivity index (χ2v) is 8.05. The van der Waals surface area contributed by atoms with E-state index in [2.05, 4.69) is 20.8 Å². The SMILES string of the molecule is CCOC(=O)C[C@H]1CO[C@@](C)(C(C)(C)O[SiH3])O[C@H]1C(C)(C)C. The van der Waals surface area contributed by atoms with E-state index >= 15 is 0 Å². The Kier molecular flexibility index (Phi) is 6.23. The first-order valence-corrected chi connectivity index (χ1v) is 8.81. The standard InChI is InChI=1S/C16H32O5Si/c1-8-18-12(17)9-11-10-19-16(7,15(5,6)21-22)20-13(11)14(2,3)4/h11,13H,8-10H2,1-7,22H3/t11-,13+,16+/m0/s1. The van der Waals surface area contributed by atoms with Gasteiger partial charge < -0.3 is 18.6 Å². The van der Waals surface area contributed by atoms with E-state index in [1.54, 1.807) is 0 Å². The zero-order chi connectivity index (χ0) is 17.2. The number of hydrogen-bond acceptors (Lipinski definition) is 5. The molecule has 1 aliphatic heterocycles. The quantitative estimate of drug-likeness (QED) is 0.568. The van der Waals surface area contributed by atoms with Crippen molar-refractivity contribution < 1.29 is 23.4 Å². The van der Waals surface area contributed by atoms with Gasteiger partial charge >= 0.3 is 5.97 Å². The predicted octanol–water partition coefficient (Wildman–Crippen LogP) is 1.81. The van der Waals surface area contributed by atoms with Gasteiger partial charge in [-0.15, -0.1) is 0 Å². The Balaban J connectivity index is 2.95. The van der Waals surface area contributed by atoms with Gasteiger partial charge in [-0.25, -0.2) is 0 Å². The minimum atomic E-state index is -0.822. The van der Waals surface area contributed by atoms with Crippen LogP contribution >= 0.6 is 0 Å². The van der Waals surface area contributed by atoms with Crippen LogP contribution in [0.5, 0.6) is 0 Å². The molecule has 6 heteroatoms.